The van der Waals surface area contributed by atoms with E-state index < -0.39 is 0 Å². The van der Waals surface area contributed by atoms with Crippen LogP contribution in [-0.4, -0.2) is 29.1 Å². The minimum Gasteiger partial charge on any atom is -0.355 e. The van der Waals surface area contributed by atoms with Crippen molar-refractivity contribution >= 4 is 5.91 Å². The fourth-order valence-electron chi connectivity index (χ4n) is 1.96. The number of nitrogens with zero attached hydrogens (tertiary/aromatic N) is 4. The van der Waals surface area contributed by atoms with E-state index in [0.29, 0.717) is 5.76 Å². The molecule has 0 saturated carbocycles. The van der Waals surface area contributed by atoms with E-state index >= 15 is 0 Å². The summed E-state index contributed by atoms with van der Waals surface area (Å²) in [6, 6.07) is 14.9. The highest BCUT2D eigenvalue weighted by atomic mass is 16.5. The summed E-state index contributed by atoms with van der Waals surface area (Å²) in [5.74, 6) is 0.167. The molecule has 2 rings (SSSR count). The van der Waals surface area contributed by atoms with E-state index in [1.54, 1.807) is 6.07 Å². The van der Waals surface area contributed by atoms with Crippen molar-refractivity contribution in [3.8, 4) is 23.5 Å². The van der Waals surface area contributed by atoms with Crippen LogP contribution < -0.4 is 0 Å². The maximum absolute atomic E-state index is 12.4. The molecule has 0 saturated heterocycles. The molecule has 1 amide bonds. The van der Waals surface area contributed by atoms with Crippen LogP contribution in [0, 0.1) is 22.7 Å². The summed E-state index contributed by atoms with van der Waals surface area (Å²) < 4.78 is 5.20. The van der Waals surface area contributed by atoms with Gasteiger partial charge in [0.2, 0.25) is 0 Å². The van der Waals surface area contributed by atoms with Gasteiger partial charge in [-0.15, -0.1) is 0 Å². The predicted molar refractivity (Wildman–Crippen MR) is 78.3 cm³/mol. The molecule has 110 valence electrons. The van der Waals surface area contributed by atoms with Crippen molar-refractivity contribution in [3.05, 3.63) is 42.1 Å². The molecule has 0 bridgehead atoms. The average molecular weight is 294 g/mol. The summed E-state index contributed by atoms with van der Waals surface area (Å²) in [5, 5.41) is 21.1. The Hall–Kier alpha value is -3.12. The Balaban J connectivity index is 2.15. The molecule has 0 radical (unpaired) electrons. The molecule has 0 aliphatic heterocycles. The van der Waals surface area contributed by atoms with Crippen molar-refractivity contribution in [1.29, 1.82) is 10.5 Å². The summed E-state index contributed by atoms with van der Waals surface area (Å²) in [5.41, 5.74) is 1.00. The van der Waals surface area contributed by atoms with Gasteiger partial charge in [0.1, 0.15) is 0 Å². The summed E-state index contributed by atoms with van der Waals surface area (Å²) in [4.78, 5) is 13.8. The first-order valence-electron chi connectivity index (χ1n) is 6.81. The number of hydrogen-bond acceptors (Lipinski definition) is 5. The lowest BCUT2D eigenvalue weighted by atomic mass is 10.1. The number of carbonyl (C=O) groups excluding carboxylic acids is 1. The Labute approximate surface area is 128 Å². The molecule has 2 aromatic rings. The molecule has 1 aromatic heterocycles. The lowest BCUT2D eigenvalue weighted by Gasteiger charge is -2.18. The van der Waals surface area contributed by atoms with Gasteiger partial charge >= 0.3 is 0 Å². The molecule has 22 heavy (non-hydrogen) atoms. The quantitative estimate of drug-likeness (QED) is 0.816. The van der Waals surface area contributed by atoms with Gasteiger partial charge in [-0.25, -0.2) is 0 Å². The Kier molecular flexibility index (Phi) is 5.28. The number of aromatic nitrogens is 1. The Morgan fingerprint density at radius 2 is 1.77 bits per heavy atom. The normalized spacial score (nSPS) is 9.73. The maximum atomic E-state index is 12.4. The van der Waals surface area contributed by atoms with Crippen molar-refractivity contribution in [2.45, 2.75) is 12.8 Å². The highest BCUT2D eigenvalue weighted by Gasteiger charge is 2.20. The van der Waals surface area contributed by atoms with Crippen LogP contribution in [0.3, 0.4) is 0 Å². The summed E-state index contributed by atoms with van der Waals surface area (Å²) in [6.45, 7) is 0.537. The fraction of sp³-hybridized carbons (Fsp3) is 0.250. The predicted octanol–water partition coefficient (Wildman–Crippen LogP) is 2.61. The molecule has 6 nitrogen and oxygen atoms in total. The third-order valence-electron chi connectivity index (χ3n) is 3.06. The average Bonchev–Trinajstić information content (AvgIpc) is 3.05. The minimum absolute atomic E-state index is 0.176. The van der Waals surface area contributed by atoms with Crippen LogP contribution in [-0.2, 0) is 0 Å². The lowest BCUT2D eigenvalue weighted by Crippen LogP contribution is -2.33. The molecule has 1 heterocycles. The van der Waals surface area contributed by atoms with Crippen LogP contribution in [0.1, 0.15) is 23.3 Å². The van der Waals surface area contributed by atoms with Crippen LogP contribution in [0.15, 0.2) is 40.9 Å². The topological polar surface area (TPSA) is 93.9 Å². The van der Waals surface area contributed by atoms with Crippen LogP contribution >= 0.6 is 0 Å². The summed E-state index contributed by atoms with van der Waals surface area (Å²) in [6.07, 6.45) is 0.418. The van der Waals surface area contributed by atoms with E-state index in [2.05, 4.69) is 5.16 Å². The van der Waals surface area contributed by atoms with Crippen molar-refractivity contribution < 1.29 is 9.32 Å². The molecule has 0 aliphatic rings. The molecule has 0 atom stereocenters. The minimum atomic E-state index is -0.337. The van der Waals surface area contributed by atoms with Gasteiger partial charge in [0, 0.05) is 24.7 Å². The second-order valence-electron chi connectivity index (χ2n) is 4.55. The molecule has 0 aliphatic carbocycles. The standard InChI is InChI=1S/C16H14N4O2/c17-8-4-10-20(11-5-9-18)16(21)14-12-15(22-19-14)13-6-2-1-3-7-13/h1-3,6-7,12H,4-5,10-11H2. The van der Waals surface area contributed by atoms with Crippen molar-refractivity contribution in [2.24, 2.45) is 0 Å². The van der Waals surface area contributed by atoms with Gasteiger partial charge in [0.25, 0.3) is 5.91 Å². The summed E-state index contributed by atoms with van der Waals surface area (Å²) >= 11 is 0. The highest BCUT2D eigenvalue weighted by molar-refractivity contribution is 5.93. The SMILES string of the molecule is N#CCCN(CCC#N)C(=O)c1cc(-c2ccccc2)on1. The summed E-state index contributed by atoms with van der Waals surface area (Å²) in [7, 11) is 0. The van der Waals surface area contributed by atoms with Crippen molar-refractivity contribution in [3.63, 3.8) is 0 Å². The second kappa shape index (κ2) is 7.61. The van der Waals surface area contributed by atoms with Gasteiger partial charge in [-0.1, -0.05) is 35.5 Å². The zero-order valence-corrected chi connectivity index (χ0v) is 11.9. The maximum Gasteiger partial charge on any atom is 0.276 e. The van der Waals surface area contributed by atoms with Crippen LogP contribution in [0.5, 0.6) is 0 Å². The Morgan fingerprint density at radius 3 is 2.36 bits per heavy atom. The van der Waals surface area contributed by atoms with Crippen LogP contribution in [0.2, 0.25) is 0 Å². The van der Waals surface area contributed by atoms with E-state index in [9.17, 15) is 4.79 Å². The van der Waals surface area contributed by atoms with Crippen LogP contribution in [0.4, 0.5) is 0 Å². The van der Waals surface area contributed by atoms with Gasteiger partial charge in [0.15, 0.2) is 11.5 Å². The van der Waals surface area contributed by atoms with Crippen LogP contribution in [0.25, 0.3) is 11.3 Å². The van der Waals surface area contributed by atoms with E-state index in [4.69, 9.17) is 15.0 Å². The van der Waals surface area contributed by atoms with E-state index in [0.717, 1.165) is 5.56 Å². The third-order valence-corrected chi connectivity index (χ3v) is 3.06. The molecular weight excluding hydrogens is 280 g/mol. The monoisotopic (exact) mass is 294 g/mol. The lowest BCUT2D eigenvalue weighted by molar-refractivity contribution is 0.0752. The second-order valence-corrected chi connectivity index (χ2v) is 4.55. The number of benzene rings is 1. The molecule has 0 spiro atoms. The van der Waals surface area contributed by atoms with Crippen molar-refractivity contribution in [2.75, 3.05) is 13.1 Å². The number of carbonyl (C=O) groups is 1. The van der Waals surface area contributed by atoms with Gasteiger partial charge in [-0.2, -0.15) is 10.5 Å². The highest BCUT2D eigenvalue weighted by Crippen LogP contribution is 2.20. The number of hydrogen-bond donors (Lipinski definition) is 0. The number of rotatable bonds is 6. The zero-order valence-electron chi connectivity index (χ0n) is 11.9. The van der Waals surface area contributed by atoms with Crippen molar-refractivity contribution in [1.82, 2.24) is 10.1 Å². The first-order valence-corrected chi connectivity index (χ1v) is 6.81. The molecule has 6 heteroatoms. The first-order chi connectivity index (χ1) is 10.8. The van der Waals surface area contributed by atoms with Gasteiger partial charge in [-0.3, -0.25) is 4.79 Å². The van der Waals surface area contributed by atoms with Gasteiger partial charge in [0.05, 0.1) is 25.0 Å². The zero-order chi connectivity index (χ0) is 15.8. The fourth-order valence-corrected chi connectivity index (χ4v) is 1.96. The van der Waals surface area contributed by atoms with Gasteiger partial charge < -0.3 is 9.42 Å². The Morgan fingerprint density at radius 1 is 1.14 bits per heavy atom. The molecule has 0 unspecified atom stereocenters. The largest absolute Gasteiger partial charge is 0.355 e. The van der Waals surface area contributed by atoms with E-state index in [-0.39, 0.29) is 37.5 Å². The van der Waals surface area contributed by atoms with Gasteiger partial charge in [-0.05, 0) is 0 Å². The molecular formula is C16H14N4O2. The smallest absolute Gasteiger partial charge is 0.276 e. The third kappa shape index (κ3) is 3.71. The van der Waals surface area contributed by atoms with E-state index in [1.165, 1.54) is 4.90 Å². The molecule has 0 N–H and O–H groups in total. The number of nitriles is 2. The van der Waals surface area contributed by atoms with E-state index in [1.807, 2.05) is 42.5 Å². The molecule has 1 aromatic carbocycles. The Bertz CT molecular complexity index is 692. The first kappa shape index (κ1) is 15.3. The molecule has 0 fully saturated rings. The number of amides is 1.